The quantitative estimate of drug-likeness (QED) is 0.273. The number of ether oxygens (including phenoxy) is 1. The number of nitrogens with two attached hydrogens (primary N) is 1. The first-order valence-electron chi connectivity index (χ1n) is 11.8. The maximum atomic E-state index is 12.9. The number of aromatic nitrogens is 4. The lowest BCUT2D eigenvalue weighted by Gasteiger charge is -2.13. The molecule has 9 nitrogen and oxygen atoms in total. The van der Waals surface area contributed by atoms with Crippen LogP contribution in [-0.2, 0) is 6.54 Å². The minimum atomic E-state index is -0.354. The highest BCUT2D eigenvalue weighted by Crippen LogP contribution is 2.28. The average molecular weight is 480 g/mol. The molecule has 3 aromatic carbocycles. The smallest absolute Gasteiger partial charge is 0.281 e. The third kappa shape index (κ3) is 4.27. The molecule has 6 rings (SSSR count). The van der Waals surface area contributed by atoms with Crippen molar-refractivity contribution >= 4 is 34.4 Å². The molecule has 9 heteroatoms. The van der Waals surface area contributed by atoms with Gasteiger partial charge < -0.3 is 26.1 Å². The van der Waals surface area contributed by atoms with Gasteiger partial charge >= 0.3 is 0 Å². The molecule has 3 heterocycles. The van der Waals surface area contributed by atoms with E-state index in [1.54, 1.807) is 12.1 Å². The number of hydrogen-bond donors (Lipinski definition) is 4. The molecule has 0 spiro atoms. The van der Waals surface area contributed by atoms with E-state index in [0.717, 1.165) is 40.0 Å². The number of nitrogens with zero attached hydrogens (tertiary/aromatic N) is 3. The molecule has 0 saturated heterocycles. The van der Waals surface area contributed by atoms with Gasteiger partial charge in [-0.25, -0.2) is 0 Å². The predicted octanol–water partition coefficient (Wildman–Crippen LogP) is 4.39. The van der Waals surface area contributed by atoms with Gasteiger partial charge in [-0.1, -0.05) is 30.3 Å². The van der Waals surface area contributed by atoms with Crippen molar-refractivity contribution in [2.45, 2.75) is 19.0 Å². The highest BCUT2D eigenvalue weighted by atomic mass is 16.5. The number of rotatable bonds is 7. The third-order valence-electron chi connectivity index (χ3n) is 6.38. The van der Waals surface area contributed by atoms with Gasteiger partial charge in [0.1, 0.15) is 5.75 Å². The van der Waals surface area contributed by atoms with Gasteiger partial charge in [0.15, 0.2) is 0 Å². The zero-order valence-electron chi connectivity index (χ0n) is 19.4. The van der Waals surface area contributed by atoms with Gasteiger partial charge in [0.25, 0.3) is 5.91 Å². The lowest BCUT2D eigenvalue weighted by molar-refractivity contribution is 0.0948. The summed E-state index contributed by atoms with van der Waals surface area (Å²) in [5.41, 5.74) is 10.8. The first kappa shape index (κ1) is 21.9. The van der Waals surface area contributed by atoms with E-state index in [4.69, 9.17) is 10.5 Å². The highest BCUT2D eigenvalue weighted by molar-refractivity contribution is 6.00. The number of nitrogens with one attached hydrogen (secondary N) is 3. The molecule has 1 unspecified atom stereocenters. The number of H-pyrrole nitrogens is 1. The molecule has 2 aromatic heterocycles. The number of benzene rings is 3. The van der Waals surface area contributed by atoms with Gasteiger partial charge in [-0.15, -0.1) is 5.10 Å². The topological polar surface area (TPSA) is 123 Å². The summed E-state index contributed by atoms with van der Waals surface area (Å²) in [6, 6.07) is 23.7. The van der Waals surface area contributed by atoms with E-state index in [2.05, 4.69) is 50.0 Å². The Morgan fingerprint density at radius 1 is 1.11 bits per heavy atom. The van der Waals surface area contributed by atoms with Gasteiger partial charge in [-0.2, -0.15) is 9.67 Å². The number of carbonyl (C=O) groups excluding carboxylic acids is 1. The molecule has 0 radical (unpaired) electrons. The molecule has 180 valence electrons. The SMILES string of the molecule is Nc1nc(Nc2ccc(OCCC3NCc4ccccc43)cc2)nn1C(=O)c1ccc2cc[nH]c2c1. The molecule has 0 saturated carbocycles. The summed E-state index contributed by atoms with van der Waals surface area (Å²) in [6.07, 6.45) is 2.72. The Hall–Kier alpha value is -4.63. The van der Waals surface area contributed by atoms with Crippen LogP contribution >= 0.6 is 0 Å². The normalized spacial score (nSPS) is 14.6. The summed E-state index contributed by atoms with van der Waals surface area (Å²) >= 11 is 0. The zero-order valence-corrected chi connectivity index (χ0v) is 19.4. The van der Waals surface area contributed by atoms with Crippen molar-refractivity contribution in [2.75, 3.05) is 17.7 Å². The lowest BCUT2D eigenvalue weighted by Crippen LogP contribution is -2.16. The van der Waals surface area contributed by atoms with Gasteiger partial charge in [-0.3, -0.25) is 4.79 Å². The fourth-order valence-electron chi connectivity index (χ4n) is 4.52. The summed E-state index contributed by atoms with van der Waals surface area (Å²) in [5.74, 6) is 0.671. The molecule has 0 aliphatic carbocycles. The van der Waals surface area contributed by atoms with Crippen LogP contribution in [0.5, 0.6) is 5.75 Å². The summed E-state index contributed by atoms with van der Waals surface area (Å²) < 4.78 is 7.04. The van der Waals surface area contributed by atoms with E-state index in [1.165, 1.54) is 11.1 Å². The van der Waals surface area contributed by atoms with Crippen LogP contribution in [0.15, 0.2) is 79.0 Å². The Balaban J connectivity index is 1.07. The molecule has 1 atom stereocenters. The molecule has 0 bridgehead atoms. The molecule has 36 heavy (non-hydrogen) atoms. The molecule has 0 amide bonds. The van der Waals surface area contributed by atoms with Crippen LogP contribution in [0.25, 0.3) is 10.9 Å². The number of aromatic amines is 1. The van der Waals surface area contributed by atoms with Crippen molar-refractivity contribution in [3.63, 3.8) is 0 Å². The van der Waals surface area contributed by atoms with E-state index in [9.17, 15) is 4.79 Å². The van der Waals surface area contributed by atoms with E-state index < -0.39 is 0 Å². The fourth-order valence-corrected chi connectivity index (χ4v) is 4.52. The van der Waals surface area contributed by atoms with E-state index in [0.29, 0.717) is 18.2 Å². The monoisotopic (exact) mass is 479 g/mol. The Morgan fingerprint density at radius 2 is 1.97 bits per heavy atom. The van der Waals surface area contributed by atoms with Crippen LogP contribution < -0.4 is 21.1 Å². The Labute approximate surface area is 207 Å². The average Bonchev–Trinajstić information content (AvgIpc) is 3.63. The summed E-state index contributed by atoms with van der Waals surface area (Å²) in [5, 5.41) is 11.9. The van der Waals surface area contributed by atoms with Crippen LogP contribution in [-0.4, -0.2) is 32.3 Å². The molecular weight excluding hydrogens is 454 g/mol. The van der Waals surface area contributed by atoms with Crippen molar-refractivity contribution < 1.29 is 9.53 Å². The summed E-state index contributed by atoms with van der Waals surface area (Å²) in [4.78, 5) is 20.2. The number of hydrogen-bond acceptors (Lipinski definition) is 7. The second-order valence-corrected chi connectivity index (χ2v) is 8.71. The van der Waals surface area contributed by atoms with Gasteiger partial charge in [0.2, 0.25) is 11.9 Å². The predicted molar refractivity (Wildman–Crippen MR) is 138 cm³/mol. The van der Waals surface area contributed by atoms with Crippen LogP contribution in [0.4, 0.5) is 17.6 Å². The Bertz CT molecular complexity index is 1540. The van der Waals surface area contributed by atoms with E-state index in [-0.39, 0.29) is 17.8 Å². The van der Waals surface area contributed by atoms with E-state index >= 15 is 0 Å². The minimum Gasteiger partial charge on any atom is -0.494 e. The number of carbonyl (C=O) groups is 1. The first-order chi connectivity index (χ1) is 17.6. The number of nitrogen functional groups attached to an aromatic ring is 1. The minimum absolute atomic E-state index is 0.0103. The second kappa shape index (κ2) is 9.20. The van der Waals surface area contributed by atoms with Gasteiger partial charge in [-0.05, 0) is 59.0 Å². The lowest BCUT2D eigenvalue weighted by atomic mass is 10.0. The molecule has 5 aromatic rings. The summed E-state index contributed by atoms with van der Waals surface area (Å²) in [7, 11) is 0. The first-order valence-corrected chi connectivity index (χ1v) is 11.8. The standard InChI is InChI=1S/C27H25N7O2/c28-26-32-27(33-34(26)25(35)18-6-5-17-11-13-29-24(17)15-18)31-20-7-9-21(10-8-20)36-14-12-23-22-4-2-1-3-19(22)16-30-23/h1-11,13,15,23,29-30H,12,14,16H2,(H3,28,31,32,33). The largest absolute Gasteiger partial charge is 0.494 e. The Kier molecular flexibility index (Phi) is 5.59. The van der Waals surface area contributed by atoms with Crippen LogP contribution in [0, 0.1) is 0 Å². The van der Waals surface area contributed by atoms with Crippen molar-refractivity contribution in [1.29, 1.82) is 0 Å². The highest BCUT2D eigenvalue weighted by Gasteiger charge is 2.21. The molecule has 5 N–H and O–H groups in total. The van der Waals surface area contributed by atoms with Gasteiger partial charge in [0.05, 0.1) is 6.61 Å². The van der Waals surface area contributed by atoms with E-state index in [1.807, 2.05) is 42.6 Å². The van der Waals surface area contributed by atoms with Crippen molar-refractivity contribution in [1.82, 2.24) is 25.1 Å². The number of anilines is 3. The van der Waals surface area contributed by atoms with Crippen molar-refractivity contribution in [3.05, 3.63) is 95.7 Å². The fraction of sp³-hybridized carbons (Fsp3) is 0.148. The van der Waals surface area contributed by atoms with Crippen LogP contribution in [0.1, 0.15) is 33.9 Å². The maximum absolute atomic E-state index is 12.9. The van der Waals surface area contributed by atoms with Crippen molar-refractivity contribution in [2.24, 2.45) is 0 Å². The van der Waals surface area contributed by atoms with Crippen LogP contribution in [0.2, 0.25) is 0 Å². The zero-order chi connectivity index (χ0) is 24.5. The third-order valence-corrected chi connectivity index (χ3v) is 6.38. The molecule has 1 aliphatic rings. The molecule has 1 aliphatic heterocycles. The maximum Gasteiger partial charge on any atom is 0.281 e. The Morgan fingerprint density at radius 3 is 2.86 bits per heavy atom. The van der Waals surface area contributed by atoms with Crippen molar-refractivity contribution in [3.8, 4) is 5.75 Å². The second-order valence-electron chi connectivity index (χ2n) is 8.71. The summed E-state index contributed by atoms with van der Waals surface area (Å²) in [6.45, 7) is 1.51. The van der Waals surface area contributed by atoms with Gasteiger partial charge in [0, 0.05) is 42.0 Å². The molecule has 0 fully saturated rings. The number of fused-ring (bicyclic) bond motifs is 2. The van der Waals surface area contributed by atoms with Crippen LogP contribution in [0.3, 0.4) is 0 Å². The molecular formula is C27H25N7O2.